The zero-order valence-corrected chi connectivity index (χ0v) is 11.7. The first-order valence-electron chi connectivity index (χ1n) is 5.44. The lowest BCUT2D eigenvalue weighted by molar-refractivity contribution is -0.113. The molecule has 0 amide bonds. The minimum Gasteiger partial charge on any atom is -0.294 e. The van der Waals surface area contributed by atoms with Crippen molar-refractivity contribution in [1.29, 1.82) is 0 Å². The maximum absolute atomic E-state index is 12.4. The zero-order valence-electron chi connectivity index (χ0n) is 10.1. The van der Waals surface area contributed by atoms with Gasteiger partial charge in [0.2, 0.25) is 0 Å². The summed E-state index contributed by atoms with van der Waals surface area (Å²) in [7, 11) is 0. The molecule has 0 spiro atoms. The first-order valence-corrected chi connectivity index (χ1v) is 7.20. The SMILES string of the molecule is CC(=O)C(C(=O)c1ccc(C)cc1)=C1SC=CS1. The van der Waals surface area contributed by atoms with Crippen molar-refractivity contribution in [3.8, 4) is 0 Å². The Morgan fingerprint density at radius 2 is 1.56 bits per heavy atom. The van der Waals surface area contributed by atoms with E-state index in [1.807, 2.05) is 29.9 Å². The molecule has 1 aliphatic heterocycles. The fourth-order valence-corrected chi connectivity index (χ4v) is 3.53. The molecule has 0 saturated heterocycles. The first kappa shape index (κ1) is 13.2. The second kappa shape index (κ2) is 5.59. The largest absolute Gasteiger partial charge is 0.294 e. The third kappa shape index (κ3) is 2.76. The van der Waals surface area contributed by atoms with Gasteiger partial charge in [-0.1, -0.05) is 53.4 Å². The van der Waals surface area contributed by atoms with E-state index < -0.39 is 0 Å². The van der Waals surface area contributed by atoms with Crippen molar-refractivity contribution < 1.29 is 9.59 Å². The molecule has 2 nitrogen and oxygen atoms in total. The number of carbonyl (C=O) groups excluding carboxylic acids is 2. The maximum Gasteiger partial charge on any atom is 0.198 e. The van der Waals surface area contributed by atoms with Crippen molar-refractivity contribution in [2.45, 2.75) is 13.8 Å². The molecule has 0 fully saturated rings. The van der Waals surface area contributed by atoms with E-state index in [4.69, 9.17) is 0 Å². The van der Waals surface area contributed by atoms with Crippen LogP contribution in [0.15, 0.2) is 44.9 Å². The molecule has 0 N–H and O–H groups in total. The van der Waals surface area contributed by atoms with E-state index in [1.54, 1.807) is 12.1 Å². The summed E-state index contributed by atoms with van der Waals surface area (Å²) >= 11 is 2.85. The third-order valence-corrected chi connectivity index (χ3v) is 4.63. The highest BCUT2D eigenvalue weighted by Gasteiger charge is 2.22. The number of benzene rings is 1. The van der Waals surface area contributed by atoms with E-state index in [1.165, 1.54) is 30.4 Å². The summed E-state index contributed by atoms with van der Waals surface area (Å²) < 4.78 is 0.771. The van der Waals surface area contributed by atoms with Gasteiger partial charge in [-0.15, -0.1) is 0 Å². The van der Waals surface area contributed by atoms with Crippen molar-refractivity contribution in [2.24, 2.45) is 0 Å². The Kier molecular flexibility index (Phi) is 4.09. The number of aryl methyl sites for hydroxylation is 1. The summed E-state index contributed by atoms with van der Waals surface area (Å²) in [5.74, 6) is -0.375. The molecule has 0 atom stereocenters. The molecule has 1 aliphatic rings. The van der Waals surface area contributed by atoms with Crippen LogP contribution in [0.1, 0.15) is 22.8 Å². The quantitative estimate of drug-likeness (QED) is 0.362. The van der Waals surface area contributed by atoms with Crippen LogP contribution in [-0.4, -0.2) is 11.6 Å². The fourth-order valence-electron chi connectivity index (χ4n) is 1.57. The van der Waals surface area contributed by atoms with Gasteiger partial charge in [0, 0.05) is 5.56 Å². The molecule has 1 heterocycles. The van der Waals surface area contributed by atoms with Gasteiger partial charge in [-0.3, -0.25) is 9.59 Å². The monoisotopic (exact) mass is 276 g/mol. The summed E-state index contributed by atoms with van der Waals surface area (Å²) in [5.41, 5.74) is 1.94. The van der Waals surface area contributed by atoms with Crippen molar-refractivity contribution in [3.05, 3.63) is 56.0 Å². The van der Waals surface area contributed by atoms with Gasteiger partial charge >= 0.3 is 0 Å². The standard InChI is InChI=1S/C14H12O2S2/c1-9-3-5-11(6-4-9)13(16)12(10(2)15)14-17-7-8-18-14/h3-8H,1-2H3. The van der Waals surface area contributed by atoms with Crippen molar-refractivity contribution in [2.75, 3.05) is 0 Å². The van der Waals surface area contributed by atoms with Gasteiger partial charge in [-0.2, -0.15) is 0 Å². The summed E-state index contributed by atoms with van der Waals surface area (Å²) in [4.78, 5) is 24.0. The normalized spacial score (nSPS) is 13.8. The number of allylic oxidation sites excluding steroid dienone is 1. The van der Waals surface area contributed by atoms with E-state index in [-0.39, 0.29) is 11.6 Å². The van der Waals surface area contributed by atoms with Crippen LogP contribution in [0.5, 0.6) is 0 Å². The predicted octanol–water partition coefficient (Wildman–Crippen LogP) is 3.93. The van der Waals surface area contributed by atoms with Gasteiger partial charge in [-0.05, 0) is 24.7 Å². The van der Waals surface area contributed by atoms with Crippen LogP contribution in [0.3, 0.4) is 0 Å². The highest BCUT2D eigenvalue weighted by Crippen LogP contribution is 2.40. The molecule has 18 heavy (non-hydrogen) atoms. The van der Waals surface area contributed by atoms with Gasteiger partial charge in [0.25, 0.3) is 0 Å². The van der Waals surface area contributed by atoms with E-state index in [0.29, 0.717) is 11.1 Å². The summed E-state index contributed by atoms with van der Waals surface area (Å²) in [5, 5.41) is 3.76. The van der Waals surface area contributed by atoms with E-state index >= 15 is 0 Å². The molecule has 4 heteroatoms. The summed E-state index contributed by atoms with van der Waals surface area (Å²) in [6.45, 7) is 3.40. The molecule has 92 valence electrons. The number of ketones is 2. The maximum atomic E-state index is 12.4. The Labute approximate surface area is 115 Å². The second-order valence-corrected chi connectivity index (χ2v) is 6.01. The molecular formula is C14H12O2S2. The summed E-state index contributed by atoms with van der Waals surface area (Å²) in [6, 6.07) is 7.28. The van der Waals surface area contributed by atoms with Crippen molar-refractivity contribution in [3.63, 3.8) is 0 Å². The van der Waals surface area contributed by atoms with Gasteiger partial charge in [-0.25, -0.2) is 0 Å². The van der Waals surface area contributed by atoms with Gasteiger partial charge in [0.15, 0.2) is 11.6 Å². The number of Topliss-reactive ketones (excluding diaryl/α,β-unsaturated/α-hetero) is 2. The van der Waals surface area contributed by atoms with Crippen LogP contribution < -0.4 is 0 Å². The van der Waals surface area contributed by atoms with Crippen LogP contribution in [0, 0.1) is 6.92 Å². The van der Waals surface area contributed by atoms with Gasteiger partial charge in [0.05, 0.1) is 9.81 Å². The minimum atomic E-state index is -0.193. The number of rotatable bonds is 3. The predicted molar refractivity (Wildman–Crippen MR) is 77.5 cm³/mol. The molecule has 0 aromatic heterocycles. The molecule has 2 rings (SSSR count). The highest BCUT2D eigenvalue weighted by atomic mass is 32.2. The smallest absolute Gasteiger partial charge is 0.198 e. The van der Waals surface area contributed by atoms with Crippen LogP contribution in [0.25, 0.3) is 0 Å². The zero-order chi connectivity index (χ0) is 13.1. The topological polar surface area (TPSA) is 34.1 Å². The molecular weight excluding hydrogens is 264 g/mol. The Bertz CT molecular complexity index is 544. The van der Waals surface area contributed by atoms with Crippen LogP contribution >= 0.6 is 23.5 Å². The lowest BCUT2D eigenvalue weighted by Gasteiger charge is -2.06. The van der Waals surface area contributed by atoms with Crippen LogP contribution in [-0.2, 0) is 4.79 Å². The molecule has 1 aromatic rings. The lowest BCUT2D eigenvalue weighted by atomic mass is 10.0. The lowest BCUT2D eigenvalue weighted by Crippen LogP contribution is -2.11. The van der Waals surface area contributed by atoms with Gasteiger partial charge < -0.3 is 0 Å². The highest BCUT2D eigenvalue weighted by molar-refractivity contribution is 8.27. The van der Waals surface area contributed by atoms with Crippen molar-refractivity contribution >= 4 is 35.1 Å². The van der Waals surface area contributed by atoms with E-state index in [2.05, 4.69) is 0 Å². The Hall–Kier alpha value is -1.26. The molecule has 0 bridgehead atoms. The van der Waals surface area contributed by atoms with Crippen LogP contribution in [0.2, 0.25) is 0 Å². The molecule has 0 saturated carbocycles. The molecule has 1 aromatic carbocycles. The van der Waals surface area contributed by atoms with Crippen LogP contribution in [0.4, 0.5) is 0 Å². The molecule has 0 aliphatic carbocycles. The van der Waals surface area contributed by atoms with E-state index in [9.17, 15) is 9.59 Å². The third-order valence-electron chi connectivity index (χ3n) is 2.50. The Morgan fingerprint density at radius 1 is 1.00 bits per heavy atom. The Morgan fingerprint density at radius 3 is 2.06 bits per heavy atom. The number of thioether (sulfide) groups is 2. The average Bonchev–Trinajstić information content (AvgIpc) is 2.83. The molecule has 0 radical (unpaired) electrons. The number of carbonyl (C=O) groups is 2. The first-order chi connectivity index (χ1) is 8.59. The minimum absolute atomic E-state index is 0.181. The molecule has 0 unspecified atom stereocenters. The van der Waals surface area contributed by atoms with E-state index in [0.717, 1.165) is 9.80 Å². The Balaban J connectivity index is 2.38. The summed E-state index contributed by atoms with van der Waals surface area (Å²) in [6.07, 6.45) is 0. The van der Waals surface area contributed by atoms with Crippen molar-refractivity contribution in [1.82, 2.24) is 0 Å². The number of hydrogen-bond donors (Lipinski definition) is 0. The van der Waals surface area contributed by atoms with Gasteiger partial charge in [0.1, 0.15) is 0 Å². The number of hydrogen-bond acceptors (Lipinski definition) is 4. The fraction of sp³-hybridized carbons (Fsp3) is 0.143. The average molecular weight is 276 g/mol. The second-order valence-electron chi connectivity index (χ2n) is 3.92.